The van der Waals surface area contributed by atoms with E-state index in [1.807, 2.05) is 6.92 Å². The van der Waals surface area contributed by atoms with Crippen LogP contribution in [0, 0.1) is 5.92 Å². The summed E-state index contributed by atoms with van der Waals surface area (Å²) in [5.74, 6) is -0.958. The summed E-state index contributed by atoms with van der Waals surface area (Å²) in [5, 5.41) is 9.64. The van der Waals surface area contributed by atoms with Crippen LogP contribution in [0.4, 0.5) is 4.79 Å². The van der Waals surface area contributed by atoms with Gasteiger partial charge in [0, 0.05) is 12.6 Å². The highest BCUT2D eigenvalue weighted by molar-refractivity contribution is 5.90. The van der Waals surface area contributed by atoms with Crippen molar-refractivity contribution < 1.29 is 24.2 Å². The van der Waals surface area contributed by atoms with Crippen molar-refractivity contribution in [1.29, 1.82) is 0 Å². The van der Waals surface area contributed by atoms with Crippen molar-refractivity contribution in [3.05, 3.63) is 0 Å². The second kappa shape index (κ2) is 9.24. The molecule has 7 nitrogen and oxygen atoms in total. The topological polar surface area (TPSA) is 87.2 Å². The molecule has 0 spiro atoms. The zero-order valence-electron chi connectivity index (χ0n) is 16.1. The van der Waals surface area contributed by atoms with Crippen molar-refractivity contribution in [1.82, 2.24) is 9.80 Å². The SMILES string of the molecule is CCCCN(C(=O)OCC)[C@@H](C)C(=O)N1C(C(=O)O)C[C@@H]2CCCC[C@@H]21. The van der Waals surface area contributed by atoms with Crippen molar-refractivity contribution in [2.45, 2.75) is 83.8 Å². The third-order valence-electron chi connectivity index (χ3n) is 5.71. The average molecular weight is 368 g/mol. The maximum atomic E-state index is 13.2. The average Bonchev–Trinajstić information content (AvgIpc) is 3.01. The van der Waals surface area contributed by atoms with Gasteiger partial charge in [0.15, 0.2) is 0 Å². The number of rotatable bonds is 7. The van der Waals surface area contributed by atoms with E-state index in [1.54, 1.807) is 18.7 Å². The van der Waals surface area contributed by atoms with Crippen LogP contribution in [0.3, 0.4) is 0 Å². The fourth-order valence-electron chi connectivity index (χ4n) is 4.32. The molecule has 0 radical (unpaired) electrons. The van der Waals surface area contributed by atoms with Gasteiger partial charge in [-0.05, 0) is 45.4 Å². The van der Waals surface area contributed by atoms with Gasteiger partial charge in [-0.3, -0.25) is 9.69 Å². The molecule has 26 heavy (non-hydrogen) atoms. The summed E-state index contributed by atoms with van der Waals surface area (Å²) < 4.78 is 5.12. The van der Waals surface area contributed by atoms with Gasteiger partial charge in [0.2, 0.25) is 5.91 Å². The quantitative estimate of drug-likeness (QED) is 0.746. The van der Waals surface area contributed by atoms with Crippen molar-refractivity contribution in [2.24, 2.45) is 5.92 Å². The van der Waals surface area contributed by atoms with E-state index in [0.29, 0.717) is 13.0 Å². The third kappa shape index (κ3) is 4.30. The van der Waals surface area contributed by atoms with Crippen LogP contribution in [-0.2, 0) is 14.3 Å². The Hall–Kier alpha value is -1.79. The van der Waals surface area contributed by atoms with E-state index >= 15 is 0 Å². The van der Waals surface area contributed by atoms with Crippen LogP contribution < -0.4 is 0 Å². The lowest BCUT2D eigenvalue weighted by Crippen LogP contribution is -2.55. The first-order valence-corrected chi connectivity index (χ1v) is 9.90. The number of fused-ring (bicyclic) bond motifs is 1. The summed E-state index contributed by atoms with van der Waals surface area (Å²) >= 11 is 0. The predicted octanol–water partition coefficient (Wildman–Crippen LogP) is 2.88. The van der Waals surface area contributed by atoms with Gasteiger partial charge in [0.05, 0.1) is 6.61 Å². The number of hydrogen-bond donors (Lipinski definition) is 1. The molecule has 1 unspecified atom stereocenters. The number of unbranched alkanes of at least 4 members (excludes halogenated alkanes) is 1. The standard InChI is InChI=1S/C19H32N2O5/c1-4-6-11-20(19(25)26-5-2)13(3)17(22)21-15-10-8-7-9-14(15)12-16(21)18(23)24/h13-16H,4-12H2,1-3H3,(H,23,24)/t13-,14-,15-,16?/m0/s1. The lowest BCUT2D eigenvalue weighted by molar-refractivity contribution is -0.152. The number of ether oxygens (including phenoxy) is 1. The summed E-state index contributed by atoms with van der Waals surface area (Å²) in [7, 11) is 0. The Morgan fingerprint density at radius 1 is 1.23 bits per heavy atom. The molecule has 2 fully saturated rings. The highest BCUT2D eigenvalue weighted by atomic mass is 16.6. The van der Waals surface area contributed by atoms with Crippen molar-refractivity contribution >= 4 is 18.0 Å². The molecule has 1 N–H and O–H groups in total. The van der Waals surface area contributed by atoms with Gasteiger partial charge in [-0.2, -0.15) is 0 Å². The Morgan fingerprint density at radius 3 is 2.54 bits per heavy atom. The highest BCUT2D eigenvalue weighted by Crippen LogP contribution is 2.40. The van der Waals surface area contributed by atoms with Crippen molar-refractivity contribution in [3.8, 4) is 0 Å². The minimum Gasteiger partial charge on any atom is -0.480 e. The van der Waals surface area contributed by atoms with E-state index in [9.17, 15) is 19.5 Å². The molecule has 4 atom stereocenters. The second-order valence-electron chi connectivity index (χ2n) is 7.37. The minimum atomic E-state index is -0.948. The molecule has 0 bridgehead atoms. The summed E-state index contributed by atoms with van der Waals surface area (Å²) in [6.45, 7) is 6.11. The van der Waals surface area contributed by atoms with Crippen molar-refractivity contribution in [2.75, 3.05) is 13.2 Å². The maximum absolute atomic E-state index is 13.2. The fraction of sp³-hybridized carbons (Fsp3) is 0.842. The molecule has 0 aromatic heterocycles. The van der Waals surface area contributed by atoms with Gasteiger partial charge in [0.25, 0.3) is 0 Å². The van der Waals surface area contributed by atoms with Crippen LogP contribution in [0.5, 0.6) is 0 Å². The van der Waals surface area contributed by atoms with Crippen LogP contribution in [0.15, 0.2) is 0 Å². The normalized spacial score (nSPS) is 26.1. The molecule has 7 heteroatoms. The zero-order chi connectivity index (χ0) is 19.3. The maximum Gasteiger partial charge on any atom is 0.410 e. The van der Waals surface area contributed by atoms with E-state index in [0.717, 1.165) is 38.5 Å². The molecule has 148 valence electrons. The van der Waals surface area contributed by atoms with Crippen LogP contribution in [0.2, 0.25) is 0 Å². The smallest absolute Gasteiger partial charge is 0.410 e. The Morgan fingerprint density at radius 2 is 1.92 bits per heavy atom. The van der Waals surface area contributed by atoms with Crippen LogP contribution in [0.25, 0.3) is 0 Å². The van der Waals surface area contributed by atoms with Crippen molar-refractivity contribution in [3.63, 3.8) is 0 Å². The van der Waals surface area contributed by atoms with Gasteiger partial charge in [0.1, 0.15) is 12.1 Å². The number of hydrogen-bond acceptors (Lipinski definition) is 4. The van der Waals surface area contributed by atoms with Gasteiger partial charge >= 0.3 is 12.1 Å². The van der Waals surface area contributed by atoms with Gasteiger partial charge in [-0.25, -0.2) is 9.59 Å². The third-order valence-corrected chi connectivity index (χ3v) is 5.71. The van der Waals surface area contributed by atoms with Gasteiger partial charge in [-0.1, -0.05) is 26.2 Å². The van der Waals surface area contributed by atoms with Gasteiger partial charge < -0.3 is 14.7 Å². The molecule has 1 saturated carbocycles. The molecule has 2 rings (SSSR count). The number of likely N-dealkylation sites (tertiary alicyclic amines) is 1. The lowest BCUT2D eigenvalue weighted by Gasteiger charge is -2.37. The van der Waals surface area contributed by atoms with E-state index in [2.05, 4.69) is 0 Å². The first kappa shape index (κ1) is 20.5. The molecule has 2 aliphatic rings. The molecule has 1 saturated heterocycles. The summed E-state index contributed by atoms with van der Waals surface area (Å²) in [6.07, 6.45) is 5.61. The Bertz CT molecular complexity index is 524. The van der Waals surface area contributed by atoms with Gasteiger partial charge in [-0.15, -0.1) is 0 Å². The summed E-state index contributed by atoms with van der Waals surface area (Å²) in [6, 6.07) is -1.52. The number of carbonyl (C=O) groups is 3. The number of aliphatic carboxylic acids is 1. The number of carboxylic acids is 1. The fourth-order valence-corrected chi connectivity index (χ4v) is 4.32. The molecule has 1 aliphatic heterocycles. The second-order valence-corrected chi connectivity index (χ2v) is 7.37. The lowest BCUT2D eigenvalue weighted by atomic mass is 9.84. The van der Waals surface area contributed by atoms with E-state index < -0.39 is 24.1 Å². The Labute approximate surface area is 155 Å². The monoisotopic (exact) mass is 368 g/mol. The Kier molecular flexibility index (Phi) is 7.29. The summed E-state index contributed by atoms with van der Waals surface area (Å²) in [5.41, 5.74) is 0. The zero-order valence-corrected chi connectivity index (χ0v) is 16.1. The molecule has 0 aromatic carbocycles. The van der Waals surface area contributed by atoms with Crippen LogP contribution in [0.1, 0.15) is 65.7 Å². The Balaban J connectivity index is 2.21. The molecule has 1 heterocycles. The summed E-state index contributed by atoms with van der Waals surface area (Å²) in [4.78, 5) is 40.3. The number of nitrogens with zero attached hydrogens (tertiary/aromatic N) is 2. The van der Waals surface area contributed by atoms with Crippen LogP contribution >= 0.6 is 0 Å². The molecular weight excluding hydrogens is 336 g/mol. The first-order valence-electron chi connectivity index (χ1n) is 9.90. The predicted molar refractivity (Wildman–Crippen MR) is 96.7 cm³/mol. The highest BCUT2D eigenvalue weighted by Gasteiger charge is 2.49. The molecular formula is C19H32N2O5. The number of carboxylic acid groups (broad SMARTS) is 1. The molecule has 1 aliphatic carbocycles. The van der Waals surface area contributed by atoms with E-state index in [1.165, 1.54) is 4.90 Å². The van der Waals surface area contributed by atoms with E-state index in [-0.39, 0.29) is 24.5 Å². The first-order chi connectivity index (χ1) is 12.4. The number of amides is 2. The largest absolute Gasteiger partial charge is 0.480 e. The molecule has 0 aromatic rings. The van der Waals surface area contributed by atoms with Crippen LogP contribution in [-0.4, -0.2) is 64.2 Å². The number of carbonyl (C=O) groups excluding carboxylic acids is 2. The minimum absolute atomic E-state index is 0.0185. The molecule has 2 amide bonds. The van der Waals surface area contributed by atoms with E-state index in [4.69, 9.17) is 4.74 Å².